The van der Waals surface area contributed by atoms with Gasteiger partial charge < -0.3 is 5.32 Å². The van der Waals surface area contributed by atoms with E-state index in [4.69, 9.17) is 0 Å². The Hall–Kier alpha value is -1.01. The van der Waals surface area contributed by atoms with Crippen LogP contribution in [0.15, 0.2) is 18.4 Å². The third kappa shape index (κ3) is 4.99. The van der Waals surface area contributed by atoms with E-state index in [1.54, 1.807) is 6.08 Å². The zero-order valence-corrected chi connectivity index (χ0v) is 3.98. The summed E-state index contributed by atoms with van der Waals surface area (Å²) in [5, 5.41) is 2.41. The molecule has 7 heavy (non-hydrogen) atoms. The Morgan fingerprint density at radius 1 is 1.86 bits per heavy atom. The monoisotopic (exact) mass is 97.1 g/mol. The lowest BCUT2D eigenvalue weighted by atomic mass is 10.6. The maximum absolute atomic E-state index is 9.50. The normalized spacial score (nSPS) is 6.29. The molecule has 0 aliphatic heterocycles. The van der Waals surface area contributed by atoms with Crippen LogP contribution >= 0.6 is 0 Å². The fourth-order valence-electron chi connectivity index (χ4n) is 0.179. The van der Waals surface area contributed by atoms with Gasteiger partial charge >= 0.3 is 0 Å². The Morgan fingerprint density at radius 3 is 3.00 bits per heavy atom. The minimum Gasteiger partial charge on any atom is -0.355 e. The summed E-state index contributed by atoms with van der Waals surface area (Å²) in [6.07, 6.45) is 2.27. The van der Waals surface area contributed by atoms with Crippen LogP contribution in [0.2, 0.25) is 0 Å². The Kier molecular flexibility index (Phi) is 4.27. The van der Waals surface area contributed by atoms with Crippen molar-refractivity contribution in [1.82, 2.24) is 5.32 Å². The molecule has 0 spiro atoms. The Balaban J connectivity index is 2.97. The second-order valence-electron chi connectivity index (χ2n) is 0.934. The number of nitrogens with one attached hydrogen (secondary N) is 1. The first-order valence-corrected chi connectivity index (χ1v) is 1.93. The van der Waals surface area contributed by atoms with Gasteiger partial charge in [0, 0.05) is 6.54 Å². The minimum atomic E-state index is 0.521. The molecule has 0 rings (SSSR count). The molecule has 0 heterocycles. The molecule has 0 unspecified atom stereocenters. The first-order valence-electron chi connectivity index (χ1n) is 1.93. The van der Waals surface area contributed by atoms with Crippen LogP contribution < -0.4 is 5.32 Å². The van der Waals surface area contributed by atoms with Crippen LogP contribution in [0.3, 0.4) is 0 Å². The Morgan fingerprint density at radius 2 is 2.57 bits per heavy atom. The topological polar surface area (TPSA) is 29.1 Å². The predicted molar refractivity (Wildman–Crippen MR) is 27.8 cm³/mol. The second kappa shape index (κ2) is 4.99. The lowest BCUT2D eigenvalue weighted by Gasteiger charge is -1.81. The van der Waals surface area contributed by atoms with Gasteiger partial charge in [0.2, 0.25) is 6.41 Å². The maximum atomic E-state index is 9.50. The standard InChI is InChI=1S/C5H7NO/c1-2-3-4-6-5-7/h3,5H,1,4H2,(H,6,7). The molecule has 0 saturated heterocycles. The summed E-state index contributed by atoms with van der Waals surface area (Å²) in [6.45, 7) is 3.82. The molecule has 0 aromatic carbocycles. The fourth-order valence-corrected chi connectivity index (χ4v) is 0.179. The van der Waals surface area contributed by atoms with Crippen molar-refractivity contribution < 1.29 is 4.79 Å². The summed E-state index contributed by atoms with van der Waals surface area (Å²) >= 11 is 0. The average molecular weight is 97.1 g/mol. The Bertz CT molecular complexity index is 92.3. The zero-order valence-electron chi connectivity index (χ0n) is 3.98. The van der Waals surface area contributed by atoms with Crippen LogP contribution in [0.25, 0.3) is 0 Å². The molecule has 1 N–H and O–H groups in total. The van der Waals surface area contributed by atoms with Gasteiger partial charge in [0.05, 0.1) is 0 Å². The molecule has 0 radical (unpaired) electrons. The zero-order chi connectivity index (χ0) is 5.54. The predicted octanol–water partition coefficient (Wildman–Crippen LogP) is 0.0735. The van der Waals surface area contributed by atoms with Crippen molar-refractivity contribution in [3.8, 4) is 0 Å². The van der Waals surface area contributed by atoms with Crippen LogP contribution in [0.5, 0.6) is 0 Å². The summed E-state index contributed by atoms with van der Waals surface area (Å²) in [7, 11) is 0. The van der Waals surface area contributed by atoms with Gasteiger partial charge in [0.25, 0.3) is 0 Å². The van der Waals surface area contributed by atoms with E-state index in [2.05, 4.69) is 17.6 Å². The number of carbonyl (C=O) groups is 1. The number of carbonyl (C=O) groups excluding carboxylic acids is 1. The Labute approximate surface area is 42.5 Å². The van der Waals surface area contributed by atoms with Crippen molar-refractivity contribution in [3.05, 3.63) is 18.4 Å². The number of amides is 1. The van der Waals surface area contributed by atoms with Gasteiger partial charge in [-0.3, -0.25) is 4.79 Å². The second-order valence-corrected chi connectivity index (χ2v) is 0.934. The quantitative estimate of drug-likeness (QED) is 0.301. The van der Waals surface area contributed by atoms with Crippen LogP contribution in [0, 0.1) is 0 Å². The van der Waals surface area contributed by atoms with Gasteiger partial charge in [0.15, 0.2) is 0 Å². The molecule has 2 heteroatoms. The van der Waals surface area contributed by atoms with Crippen LogP contribution in [0.1, 0.15) is 0 Å². The average Bonchev–Trinajstić information content (AvgIpc) is 1.69. The van der Waals surface area contributed by atoms with Gasteiger partial charge in [-0.25, -0.2) is 0 Å². The van der Waals surface area contributed by atoms with Crippen molar-refractivity contribution in [2.75, 3.05) is 6.54 Å². The molecule has 0 fully saturated rings. The largest absolute Gasteiger partial charge is 0.355 e. The van der Waals surface area contributed by atoms with Crippen molar-refractivity contribution in [1.29, 1.82) is 0 Å². The number of hydrogen-bond donors (Lipinski definition) is 1. The number of hydrogen-bond acceptors (Lipinski definition) is 1. The lowest BCUT2D eigenvalue weighted by Crippen LogP contribution is -2.08. The van der Waals surface area contributed by atoms with E-state index in [0.29, 0.717) is 13.0 Å². The first kappa shape index (κ1) is 5.99. The van der Waals surface area contributed by atoms with Crippen LogP contribution in [-0.2, 0) is 4.79 Å². The highest BCUT2D eigenvalue weighted by atomic mass is 16.1. The molecule has 0 aromatic heterocycles. The summed E-state index contributed by atoms with van der Waals surface area (Å²) in [6, 6.07) is 0. The molecule has 0 atom stereocenters. The van der Waals surface area contributed by atoms with E-state index in [-0.39, 0.29) is 0 Å². The van der Waals surface area contributed by atoms with Crippen molar-refractivity contribution in [2.45, 2.75) is 0 Å². The van der Waals surface area contributed by atoms with Gasteiger partial charge in [-0.05, 0) is 6.08 Å². The molecule has 0 aromatic rings. The van der Waals surface area contributed by atoms with E-state index in [1.807, 2.05) is 0 Å². The van der Waals surface area contributed by atoms with Gasteiger partial charge in [-0.1, -0.05) is 6.58 Å². The summed E-state index contributed by atoms with van der Waals surface area (Å²) < 4.78 is 0. The number of rotatable bonds is 3. The van der Waals surface area contributed by atoms with Gasteiger partial charge in [0.1, 0.15) is 0 Å². The first-order chi connectivity index (χ1) is 3.41. The molecule has 0 saturated carbocycles. The highest BCUT2D eigenvalue weighted by Crippen LogP contribution is 1.54. The van der Waals surface area contributed by atoms with Crippen molar-refractivity contribution >= 4 is 6.41 Å². The summed E-state index contributed by atoms with van der Waals surface area (Å²) in [5.41, 5.74) is 2.51. The van der Waals surface area contributed by atoms with Gasteiger partial charge in [-0.15, -0.1) is 5.73 Å². The third-order valence-corrected chi connectivity index (χ3v) is 0.448. The lowest BCUT2D eigenvalue weighted by molar-refractivity contribution is -0.109. The molecule has 0 aliphatic carbocycles. The molecule has 0 aliphatic rings. The molecular weight excluding hydrogens is 90.1 g/mol. The summed E-state index contributed by atoms with van der Waals surface area (Å²) in [4.78, 5) is 9.50. The van der Waals surface area contributed by atoms with E-state index < -0.39 is 0 Å². The molecule has 2 nitrogen and oxygen atoms in total. The molecule has 0 bridgehead atoms. The smallest absolute Gasteiger partial charge is 0.207 e. The van der Waals surface area contributed by atoms with E-state index in [9.17, 15) is 4.79 Å². The maximum Gasteiger partial charge on any atom is 0.207 e. The van der Waals surface area contributed by atoms with E-state index in [1.165, 1.54) is 0 Å². The highest BCUT2D eigenvalue weighted by Gasteiger charge is 1.65. The van der Waals surface area contributed by atoms with Gasteiger partial charge in [-0.2, -0.15) is 0 Å². The third-order valence-electron chi connectivity index (χ3n) is 0.448. The van der Waals surface area contributed by atoms with Crippen LogP contribution in [0.4, 0.5) is 0 Å². The van der Waals surface area contributed by atoms with Crippen LogP contribution in [-0.4, -0.2) is 13.0 Å². The molecule has 1 amide bonds. The molecular formula is C5H7NO. The van der Waals surface area contributed by atoms with Crippen molar-refractivity contribution in [3.63, 3.8) is 0 Å². The van der Waals surface area contributed by atoms with Crippen molar-refractivity contribution in [2.24, 2.45) is 0 Å². The SMILES string of the molecule is C=C=CCNC=O. The van der Waals surface area contributed by atoms with E-state index >= 15 is 0 Å². The minimum absolute atomic E-state index is 0.521. The highest BCUT2D eigenvalue weighted by molar-refractivity contribution is 5.46. The fraction of sp³-hybridized carbons (Fsp3) is 0.200. The summed E-state index contributed by atoms with van der Waals surface area (Å²) in [5.74, 6) is 0. The molecule has 38 valence electrons. The van der Waals surface area contributed by atoms with E-state index in [0.717, 1.165) is 0 Å².